The first-order valence-corrected chi connectivity index (χ1v) is 5.19. The van der Waals surface area contributed by atoms with Crippen LogP contribution in [0, 0.1) is 0 Å². The number of aromatic nitrogens is 3. The Morgan fingerprint density at radius 1 is 1.42 bits per heavy atom. The number of aromatic carboxylic acids is 1. The number of rotatable bonds is 2. The lowest BCUT2D eigenvalue weighted by Gasteiger charge is -2.03. The summed E-state index contributed by atoms with van der Waals surface area (Å²) in [5.41, 5.74) is -2.46. The van der Waals surface area contributed by atoms with Crippen molar-refractivity contribution in [1.82, 2.24) is 14.8 Å². The van der Waals surface area contributed by atoms with Crippen LogP contribution >= 0.6 is 11.6 Å². The van der Waals surface area contributed by atoms with Crippen molar-refractivity contribution in [2.75, 3.05) is 0 Å². The maximum Gasteiger partial charge on any atom is 0.436 e. The summed E-state index contributed by atoms with van der Waals surface area (Å²) in [6.45, 7) is 0. The van der Waals surface area contributed by atoms with Crippen LogP contribution in [0.15, 0.2) is 24.5 Å². The molecule has 0 radical (unpaired) electrons. The van der Waals surface area contributed by atoms with E-state index in [-0.39, 0.29) is 10.8 Å². The fourth-order valence-electron chi connectivity index (χ4n) is 1.39. The summed E-state index contributed by atoms with van der Waals surface area (Å²) in [5.74, 6) is -1.81. The van der Waals surface area contributed by atoms with E-state index in [1.807, 2.05) is 0 Å². The fraction of sp³-hybridized carbons (Fsp3) is 0.100. The first kappa shape index (κ1) is 13.3. The molecule has 0 aliphatic rings. The number of hydrogen-bond donors (Lipinski definition) is 1. The molecule has 0 saturated heterocycles. The van der Waals surface area contributed by atoms with E-state index >= 15 is 0 Å². The lowest BCUT2D eigenvalue weighted by Crippen LogP contribution is -2.12. The van der Waals surface area contributed by atoms with Gasteiger partial charge in [0.05, 0.1) is 5.02 Å². The Balaban J connectivity index is 2.62. The minimum Gasteiger partial charge on any atom is -0.478 e. The molecule has 0 saturated carbocycles. The van der Waals surface area contributed by atoms with Gasteiger partial charge in [-0.15, -0.1) is 0 Å². The highest BCUT2D eigenvalue weighted by Crippen LogP contribution is 2.31. The highest BCUT2D eigenvalue weighted by molar-refractivity contribution is 6.32. The molecule has 0 spiro atoms. The Hall–Kier alpha value is -2.09. The zero-order valence-electron chi connectivity index (χ0n) is 9.02. The Labute approximate surface area is 109 Å². The highest BCUT2D eigenvalue weighted by atomic mass is 35.5. The SMILES string of the molecule is O=C(O)c1cn(-c2ncccc2Cl)nc1C(F)(F)F. The molecule has 100 valence electrons. The van der Waals surface area contributed by atoms with Crippen LogP contribution in [0.3, 0.4) is 0 Å². The number of hydrogen-bond acceptors (Lipinski definition) is 3. The summed E-state index contributed by atoms with van der Waals surface area (Å²) in [7, 11) is 0. The second-order valence-corrected chi connectivity index (χ2v) is 3.85. The first-order chi connectivity index (χ1) is 8.80. The highest BCUT2D eigenvalue weighted by Gasteiger charge is 2.39. The van der Waals surface area contributed by atoms with Gasteiger partial charge in [0.25, 0.3) is 0 Å². The van der Waals surface area contributed by atoms with Crippen molar-refractivity contribution in [2.24, 2.45) is 0 Å². The van der Waals surface area contributed by atoms with Gasteiger partial charge in [0.15, 0.2) is 11.5 Å². The number of carboxylic acids is 1. The van der Waals surface area contributed by atoms with E-state index in [1.165, 1.54) is 18.3 Å². The van der Waals surface area contributed by atoms with E-state index in [0.29, 0.717) is 4.68 Å². The molecule has 0 unspecified atom stereocenters. The van der Waals surface area contributed by atoms with Gasteiger partial charge < -0.3 is 5.11 Å². The molecular weight excluding hydrogens is 287 g/mol. The molecule has 0 fully saturated rings. The van der Waals surface area contributed by atoms with E-state index in [4.69, 9.17) is 16.7 Å². The van der Waals surface area contributed by atoms with Crippen LogP contribution in [0.2, 0.25) is 5.02 Å². The van der Waals surface area contributed by atoms with Crippen LogP contribution in [-0.2, 0) is 6.18 Å². The molecule has 2 rings (SSSR count). The molecule has 0 amide bonds. The fourth-order valence-corrected chi connectivity index (χ4v) is 1.60. The second-order valence-electron chi connectivity index (χ2n) is 3.45. The summed E-state index contributed by atoms with van der Waals surface area (Å²) in [4.78, 5) is 14.5. The third kappa shape index (κ3) is 2.53. The molecule has 0 aromatic carbocycles. The topological polar surface area (TPSA) is 68.0 Å². The Bertz CT molecular complexity index is 639. The molecule has 2 aromatic rings. The van der Waals surface area contributed by atoms with Crippen molar-refractivity contribution in [2.45, 2.75) is 6.18 Å². The summed E-state index contributed by atoms with van der Waals surface area (Å²) in [6.07, 6.45) is -2.85. The van der Waals surface area contributed by atoms with Crippen LogP contribution in [0.4, 0.5) is 13.2 Å². The number of alkyl halides is 3. The molecule has 9 heteroatoms. The molecule has 0 aliphatic heterocycles. The van der Waals surface area contributed by atoms with Gasteiger partial charge in [0, 0.05) is 12.4 Å². The monoisotopic (exact) mass is 291 g/mol. The molecule has 1 N–H and O–H groups in total. The Morgan fingerprint density at radius 2 is 2.11 bits per heavy atom. The van der Waals surface area contributed by atoms with Crippen molar-refractivity contribution in [3.8, 4) is 5.82 Å². The van der Waals surface area contributed by atoms with Crippen LogP contribution in [0.25, 0.3) is 5.82 Å². The van der Waals surface area contributed by atoms with Crippen LogP contribution in [0.1, 0.15) is 16.1 Å². The van der Waals surface area contributed by atoms with Gasteiger partial charge in [-0.2, -0.15) is 18.3 Å². The van der Waals surface area contributed by atoms with E-state index in [0.717, 1.165) is 6.20 Å². The Morgan fingerprint density at radius 3 is 2.58 bits per heavy atom. The molecule has 5 nitrogen and oxygen atoms in total. The lowest BCUT2D eigenvalue weighted by atomic mass is 10.2. The van der Waals surface area contributed by atoms with Crippen molar-refractivity contribution in [1.29, 1.82) is 0 Å². The number of carboxylic acid groups (broad SMARTS) is 1. The third-order valence-corrected chi connectivity index (χ3v) is 2.46. The average Bonchev–Trinajstić information content (AvgIpc) is 2.74. The van der Waals surface area contributed by atoms with Crippen molar-refractivity contribution in [3.05, 3.63) is 40.8 Å². The second kappa shape index (κ2) is 4.54. The predicted molar refractivity (Wildman–Crippen MR) is 58.3 cm³/mol. The zero-order chi connectivity index (χ0) is 14.2. The van der Waals surface area contributed by atoms with E-state index in [9.17, 15) is 18.0 Å². The zero-order valence-corrected chi connectivity index (χ0v) is 9.77. The molecule has 0 bridgehead atoms. The molecule has 0 atom stereocenters. The lowest BCUT2D eigenvalue weighted by molar-refractivity contribution is -0.141. The maximum absolute atomic E-state index is 12.6. The van der Waals surface area contributed by atoms with Gasteiger partial charge in [0.2, 0.25) is 0 Å². The number of carbonyl (C=O) groups is 1. The van der Waals surface area contributed by atoms with Gasteiger partial charge in [-0.1, -0.05) is 11.6 Å². The quantitative estimate of drug-likeness (QED) is 0.923. The van der Waals surface area contributed by atoms with Crippen molar-refractivity contribution >= 4 is 17.6 Å². The molecule has 2 heterocycles. The normalized spacial score (nSPS) is 11.6. The minimum absolute atomic E-state index is 0.0515. The van der Waals surface area contributed by atoms with Crippen LogP contribution in [-0.4, -0.2) is 25.8 Å². The van der Waals surface area contributed by atoms with Crippen molar-refractivity contribution in [3.63, 3.8) is 0 Å². The van der Waals surface area contributed by atoms with Crippen molar-refractivity contribution < 1.29 is 23.1 Å². The largest absolute Gasteiger partial charge is 0.478 e. The molecular formula is C10H5ClF3N3O2. The Kier molecular flexibility index (Phi) is 3.19. The summed E-state index contributed by atoms with van der Waals surface area (Å²) >= 11 is 5.76. The minimum atomic E-state index is -4.87. The summed E-state index contributed by atoms with van der Waals surface area (Å²) in [6, 6.07) is 2.89. The molecule has 19 heavy (non-hydrogen) atoms. The van der Waals surface area contributed by atoms with Gasteiger partial charge in [-0.25, -0.2) is 14.5 Å². The van der Waals surface area contributed by atoms with Gasteiger partial charge in [-0.3, -0.25) is 0 Å². The first-order valence-electron chi connectivity index (χ1n) is 4.81. The third-order valence-electron chi connectivity index (χ3n) is 2.17. The number of pyridine rings is 1. The summed E-state index contributed by atoms with van der Waals surface area (Å²) in [5, 5.41) is 12.0. The van der Waals surface area contributed by atoms with E-state index in [1.54, 1.807) is 0 Å². The molecule has 2 aromatic heterocycles. The maximum atomic E-state index is 12.6. The average molecular weight is 292 g/mol. The van der Waals surface area contributed by atoms with E-state index in [2.05, 4.69) is 10.1 Å². The van der Waals surface area contributed by atoms with E-state index < -0.39 is 23.4 Å². The van der Waals surface area contributed by atoms with Gasteiger partial charge in [0.1, 0.15) is 5.56 Å². The summed E-state index contributed by atoms with van der Waals surface area (Å²) < 4.78 is 38.6. The smallest absolute Gasteiger partial charge is 0.436 e. The van der Waals surface area contributed by atoms with Crippen LogP contribution in [0.5, 0.6) is 0 Å². The molecule has 0 aliphatic carbocycles. The van der Waals surface area contributed by atoms with Gasteiger partial charge in [-0.05, 0) is 12.1 Å². The predicted octanol–water partition coefficient (Wildman–Crippen LogP) is 2.64. The number of nitrogens with zero attached hydrogens (tertiary/aromatic N) is 3. The van der Waals surface area contributed by atoms with Gasteiger partial charge >= 0.3 is 12.1 Å². The van der Waals surface area contributed by atoms with Crippen LogP contribution < -0.4 is 0 Å². The standard InChI is InChI=1S/C10H5ClF3N3O2/c11-6-2-1-3-15-8(6)17-4-5(9(18)19)7(16-17)10(12,13)14/h1-4H,(H,18,19). The number of halogens is 4.